The lowest BCUT2D eigenvalue weighted by molar-refractivity contribution is 0.535. The van der Waals surface area contributed by atoms with Crippen LogP contribution in [0.25, 0.3) is 0 Å². The SMILES string of the molecule is ClC1CCCC(Br)C1Cl. The Balaban J connectivity index is 2.41. The molecule has 0 bridgehead atoms. The van der Waals surface area contributed by atoms with Crippen molar-refractivity contribution in [1.29, 1.82) is 0 Å². The monoisotopic (exact) mass is 230 g/mol. The van der Waals surface area contributed by atoms with E-state index in [1.54, 1.807) is 0 Å². The van der Waals surface area contributed by atoms with Gasteiger partial charge in [-0.25, -0.2) is 0 Å². The van der Waals surface area contributed by atoms with E-state index in [-0.39, 0.29) is 10.8 Å². The Bertz CT molecular complexity index is 87.1. The van der Waals surface area contributed by atoms with Crippen LogP contribution in [-0.2, 0) is 0 Å². The van der Waals surface area contributed by atoms with E-state index in [0.29, 0.717) is 4.83 Å². The number of hydrogen-bond donors (Lipinski definition) is 0. The molecule has 3 heteroatoms. The Morgan fingerprint density at radius 2 is 1.89 bits per heavy atom. The molecule has 0 aliphatic heterocycles. The first kappa shape index (κ1) is 8.16. The summed E-state index contributed by atoms with van der Waals surface area (Å²) >= 11 is 15.3. The third kappa shape index (κ3) is 1.99. The fourth-order valence-electron chi connectivity index (χ4n) is 1.05. The van der Waals surface area contributed by atoms with Crippen LogP contribution in [0.3, 0.4) is 0 Å². The lowest BCUT2D eigenvalue weighted by atomic mass is 10.00. The van der Waals surface area contributed by atoms with Crippen LogP contribution in [0.15, 0.2) is 0 Å². The minimum Gasteiger partial charge on any atom is -0.121 e. The summed E-state index contributed by atoms with van der Waals surface area (Å²) in [6, 6.07) is 0. The van der Waals surface area contributed by atoms with Crippen LogP contribution in [0, 0.1) is 0 Å². The van der Waals surface area contributed by atoms with Crippen molar-refractivity contribution >= 4 is 39.1 Å². The first-order valence-electron chi connectivity index (χ1n) is 3.14. The summed E-state index contributed by atoms with van der Waals surface area (Å²) < 4.78 is 0. The molecule has 0 spiro atoms. The van der Waals surface area contributed by atoms with Crippen LogP contribution in [-0.4, -0.2) is 15.6 Å². The average Bonchev–Trinajstić information content (AvgIpc) is 1.83. The Hall–Kier alpha value is 1.06. The highest BCUT2D eigenvalue weighted by molar-refractivity contribution is 9.09. The topological polar surface area (TPSA) is 0 Å². The fourth-order valence-corrected chi connectivity index (χ4v) is 2.50. The first-order valence-corrected chi connectivity index (χ1v) is 4.93. The molecule has 0 radical (unpaired) electrons. The highest BCUT2D eigenvalue weighted by Crippen LogP contribution is 2.31. The molecule has 54 valence electrons. The van der Waals surface area contributed by atoms with E-state index < -0.39 is 0 Å². The minimum atomic E-state index is 0.125. The molecule has 0 heterocycles. The normalized spacial score (nSPS) is 45.0. The minimum absolute atomic E-state index is 0.125. The molecular weight excluding hydrogens is 223 g/mol. The van der Waals surface area contributed by atoms with Gasteiger partial charge in [0.05, 0.1) is 10.8 Å². The summed E-state index contributed by atoms with van der Waals surface area (Å²) in [5.74, 6) is 0. The zero-order chi connectivity index (χ0) is 6.85. The summed E-state index contributed by atoms with van der Waals surface area (Å²) in [5, 5.41) is 0.296. The number of alkyl halides is 3. The summed E-state index contributed by atoms with van der Waals surface area (Å²) in [6.45, 7) is 0. The summed E-state index contributed by atoms with van der Waals surface area (Å²) in [7, 11) is 0. The maximum Gasteiger partial charge on any atom is 0.0624 e. The predicted molar refractivity (Wildman–Crippen MR) is 45.8 cm³/mol. The zero-order valence-corrected chi connectivity index (χ0v) is 8.09. The van der Waals surface area contributed by atoms with Crippen LogP contribution in [0.4, 0.5) is 0 Å². The second-order valence-electron chi connectivity index (χ2n) is 2.41. The van der Waals surface area contributed by atoms with Crippen LogP contribution < -0.4 is 0 Å². The highest BCUT2D eigenvalue weighted by Gasteiger charge is 2.28. The van der Waals surface area contributed by atoms with Crippen molar-refractivity contribution in [3.05, 3.63) is 0 Å². The van der Waals surface area contributed by atoms with Crippen molar-refractivity contribution in [3.63, 3.8) is 0 Å². The fraction of sp³-hybridized carbons (Fsp3) is 1.00. The molecule has 1 aliphatic rings. The van der Waals surface area contributed by atoms with Crippen molar-refractivity contribution in [2.24, 2.45) is 0 Å². The largest absolute Gasteiger partial charge is 0.121 e. The molecule has 0 N–H and O–H groups in total. The molecule has 1 aliphatic carbocycles. The van der Waals surface area contributed by atoms with Gasteiger partial charge in [0, 0.05) is 4.83 Å². The molecular formula is C6H9BrCl2. The number of halogens is 3. The molecule has 0 saturated heterocycles. The van der Waals surface area contributed by atoms with Gasteiger partial charge in [-0.1, -0.05) is 22.4 Å². The second-order valence-corrected chi connectivity index (χ2v) is 4.65. The van der Waals surface area contributed by atoms with Gasteiger partial charge >= 0.3 is 0 Å². The average molecular weight is 232 g/mol. The molecule has 0 aromatic heterocycles. The van der Waals surface area contributed by atoms with E-state index in [2.05, 4.69) is 15.9 Å². The van der Waals surface area contributed by atoms with Gasteiger partial charge in [-0.15, -0.1) is 23.2 Å². The molecule has 1 fully saturated rings. The van der Waals surface area contributed by atoms with E-state index in [0.717, 1.165) is 12.8 Å². The van der Waals surface area contributed by atoms with Gasteiger partial charge in [-0.2, -0.15) is 0 Å². The molecule has 0 nitrogen and oxygen atoms in total. The van der Waals surface area contributed by atoms with Gasteiger partial charge in [-0.05, 0) is 12.8 Å². The molecule has 1 saturated carbocycles. The van der Waals surface area contributed by atoms with Gasteiger partial charge in [0.25, 0.3) is 0 Å². The Morgan fingerprint density at radius 3 is 2.33 bits per heavy atom. The van der Waals surface area contributed by atoms with Crippen molar-refractivity contribution in [3.8, 4) is 0 Å². The quantitative estimate of drug-likeness (QED) is 0.562. The van der Waals surface area contributed by atoms with E-state index in [1.807, 2.05) is 0 Å². The number of rotatable bonds is 0. The lowest BCUT2D eigenvalue weighted by Gasteiger charge is -2.26. The summed E-state index contributed by atoms with van der Waals surface area (Å²) in [4.78, 5) is 0.426. The van der Waals surface area contributed by atoms with E-state index in [9.17, 15) is 0 Å². The van der Waals surface area contributed by atoms with Gasteiger partial charge in [0.1, 0.15) is 0 Å². The van der Waals surface area contributed by atoms with Crippen molar-refractivity contribution in [2.45, 2.75) is 34.8 Å². The van der Waals surface area contributed by atoms with Crippen molar-refractivity contribution < 1.29 is 0 Å². The Morgan fingerprint density at radius 1 is 1.22 bits per heavy atom. The standard InChI is InChI=1S/C6H9BrCl2/c7-4-2-1-3-5(8)6(4)9/h4-6H,1-3H2. The molecule has 9 heavy (non-hydrogen) atoms. The van der Waals surface area contributed by atoms with Crippen LogP contribution in [0.1, 0.15) is 19.3 Å². The number of hydrogen-bond acceptors (Lipinski definition) is 0. The van der Waals surface area contributed by atoms with Crippen LogP contribution in [0.2, 0.25) is 0 Å². The van der Waals surface area contributed by atoms with Gasteiger partial charge in [-0.3, -0.25) is 0 Å². The van der Waals surface area contributed by atoms with Crippen molar-refractivity contribution in [2.75, 3.05) is 0 Å². The maximum absolute atomic E-state index is 5.94. The second kappa shape index (κ2) is 3.45. The van der Waals surface area contributed by atoms with E-state index in [1.165, 1.54) is 6.42 Å². The van der Waals surface area contributed by atoms with E-state index >= 15 is 0 Å². The summed E-state index contributed by atoms with van der Waals surface area (Å²) in [5.41, 5.74) is 0. The van der Waals surface area contributed by atoms with Crippen molar-refractivity contribution in [1.82, 2.24) is 0 Å². The van der Waals surface area contributed by atoms with E-state index in [4.69, 9.17) is 23.2 Å². The Labute approximate surface area is 74.0 Å². The van der Waals surface area contributed by atoms with Gasteiger partial charge in [0.2, 0.25) is 0 Å². The van der Waals surface area contributed by atoms with Crippen LogP contribution in [0.5, 0.6) is 0 Å². The molecule has 3 unspecified atom stereocenters. The van der Waals surface area contributed by atoms with Gasteiger partial charge in [0.15, 0.2) is 0 Å². The molecule has 0 aromatic rings. The third-order valence-electron chi connectivity index (χ3n) is 1.65. The lowest BCUT2D eigenvalue weighted by Crippen LogP contribution is -2.29. The smallest absolute Gasteiger partial charge is 0.0624 e. The van der Waals surface area contributed by atoms with Crippen LogP contribution >= 0.6 is 39.1 Å². The molecule has 1 rings (SSSR count). The Kier molecular flexibility index (Phi) is 3.13. The first-order chi connectivity index (χ1) is 4.22. The highest BCUT2D eigenvalue weighted by atomic mass is 79.9. The summed E-state index contributed by atoms with van der Waals surface area (Å²) in [6.07, 6.45) is 3.43. The molecule has 0 aromatic carbocycles. The molecule has 3 atom stereocenters. The molecule has 0 amide bonds. The van der Waals surface area contributed by atoms with Gasteiger partial charge < -0.3 is 0 Å². The third-order valence-corrected chi connectivity index (χ3v) is 4.21. The predicted octanol–water partition coefficient (Wildman–Crippen LogP) is 3.15. The zero-order valence-electron chi connectivity index (χ0n) is 4.99. The maximum atomic E-state index is 5.94.